The highest BCUT2D eigenvalue weighted by molar-refractivity contribution is 5.68. The Morgan fingerprint density at radius 1 is 1.46 bits per heavy atom. The number of piperazine rings is 1. The Bertz CT molecular complexity index is 156. The molecule has 1 aliphatic rings. The van der Waals surface area contributed by atoms with Crippen LogP contribution in [0.4, 0.5) is 0 Å². The SMILES string of the molecule is CCCCC(=O)ON1CCNCC1. The summed E-state index contributed by atoms with van der Waals surface area (Å²) in [5, 5.41) is 4.94. The molecule has 0 saturated carbocycles. The lowest BCUT2D eigenvalue weighted by atomic mass is 10.3. The molecule has 76 valence electrons. The van der Waals surface area contributed by atoms with Crippen LogP contribution in [0.1, 0.15) is 26.2 Å². The van der Waals surface area contributed by atoms with Crippen LogP contribution in [0.2, 0.25) is 0 Å². The Balaban J connectivity index is 2.11. The van der Waals surface area contributed by atoms with E-state index in [2.05, 4.69) is 12.2 Å². The summed E-state index contributed by atoms with van der Waals surface area (Å²) in [4.78, 5) is 16.3. The molecule has 1 fully saturated rings. The molecule has 1 saturated heterocycles. The van der Waals surface area contributed by atoms with Gasteiger partial charge in [-0.3, -0.25) is 4.79 Å². The van der Waals surface area contributed by atoms with E-state index in [4.69, 9.17) is 4.84 Å². The second-order valence-electron chi connectivity index (χ2n) is 3.25. The maximum atomic E-state index is 11.2. The highest BCUT2D eigenvalue weighted by atomic mass is 16.7. The molecule has 13 heavy (non-hydrogen) atoms. The summed E-state index contributed by atoms with van der Waals surface area (Å²) in [5.41, 5.74) is 0. The maximum absolute atomic E-state index is 11.2. The van der Waals surface area contributed by atoms with E-state index in [0.717, 1.165) is 39.0 Å². The Morgan fingerprint density at radius 3 is 2.77 bits per heavy atom. The standard InChI is InChI=1S/C9H18N2O2/c1-2-3-4-9(12)13-11-7-5-10-6-8-11/h10H,2-8H2,1H3. The highest BCUT2D eigenvalue weighted by Gasteiger charge is 2.13. The van der Waals surface area contributed by atoms with E-state index in [1.165, 1.54) is 0 Å². The molecule has 4 heteroatoms. The van der Waals surface area contributed by atoms with Crippen LogP contribution in [-0.4, -0.2) is 37.2 Å². The summed E-state index contributed by atoms with van der Waals surface area (Å²) in [6.07, 6.45) is 2.50. The average Bonchev–Trinajstić information content (AvgIpc) is 2.16. The second-order valence-corrected chi connectivity index (χ2v) is 3.25. The fraction of sp³-hybridized carbons (Fsp3) is 0.889. The molecule has 1 aliphatic heterocycles. The number of hydrogen-bond acceptors (Lipinski definition) is 4. The van der Waals surface area contributed by atoms with E-state index < -0.39 is 0 Å². The van der Waals surface area contributed by atoms with Crippen molar-refractivity contribution in [3.63, 3.8) is 0 Å². The number of carbonyl (C=O) groups excluding carboxylic acids is 1. The first-order valence-electron chi connectivity index (χ1n) is 4.99. The van der Waals surface area contributed by atoms with Crippen molar-refractivity contribution in [1.29, 1.82) is 0 Å². The predicted octanol–water partition coefficient (Wildman–Crippen LogP) is 0.540. The molecule has 0 radical (unpaired) electrons. The molecule has 1 N–H and O–H groups in total. The first kappa shape index (κ1) is 10.5. The minimum atomic E-state index is -0.0937. The van der Waals surface area contributed by atoms with Gasteiger partial charge in [-0.15, -0.1) is 5.06 Å². The highest BCUT2D eigenvalue weighted by Crippen LogP contribution is 2.00. The zero-order valence-electron chi connectivity index (χ0n) is 8.21. The molecule has 1 rings (SSSR count). The predicted molar refractivity (Wildman–Crippen MR) is 50.1 cm³/mol. The van der Waals surface area contributed by atoms with E-state index in [9.17, 15) is 4.79 Å². The Hall–Kier alpha value is -0.610. The third-order valence-electron chi connectivity index (χ3n) is 2.04. The van der Waals surface area contributed by atoms with Crippen LogP contribution >= 0.6 is 0 Å². The fourth-order valence-electron chi connectivity index (χ4n) is 1.25. The minimum absolute atomic E-state index is 0.0937. The summed E-state index contributed by atoms with van der Waals surface area (Å²) >= 11 is 0. The zero-order valence-corrected chi connectivity index (χ0v) is 8.21. The number of rotatable bonds is 4. The molecule has 0 aromatic rings. The monoisotopic (exact) mass is 186 g/mol. The number of hydroxylamine groups is 2. The van der Waals surface area contributed by atoms with Crippen LogP contribution < -0.4 is 5.32 Å². The van der Waals surface area contributed by atoms with Gasteiger partial charge in [0, 0.05) is 32.6 Å². The summed E-state index contributed by atoms with van der Waals surface area (Å²) < 4.78 is 0. The molecule has 0 aliphatic carbocycles. The second kappa shape index (κ2) is 5.94. The van der Waals surface area contributed by atoms with Crippen molar-refractivity contribution < 1.29 is 9.63 Å². The van der Waals surface area contributed by atoms with Gasteiger partial charge in [-0.05, 0) is 6.42 Å². The molecule has 0 spiro atoms. The van der Waals surface area contributed by atoms with Crippen LogP contribution in [0.3, 0.4) is 0 Å². The molecule has 0 aromatic carbocycles. The number of hydrogen-bond donors (Lipinski definition) is 1. The summed E-state index contributed by atoms with van der Waals surface area (Å²) in [7, 11) is 0. The Kier molecular flexibility index (Phi) is 4.78. The van der Waals surface area contributed by atoms with Gasteiger partial charge in [0.1, 0.15) is 0 Å². The lowest BCUT2D eigenvalue weighted by molar-refractivity contribution is -0.192. The fourth-order valence-corrected chi connectivity index (χ4v) is 1.25. The Morgan fingerprint density at radius 2 is 2.15 bits per heavy atom. The first-order chi connectivity index (χ1) is 6.33. The number of nitrogens with one attached hydrogen (secondary N) is 1. The van der Waals surface area contributed by atoms with Crippen molar-refractivity contribution in [3.05, 3.63) is 0 Å². The number of unbranched alkanes of at least 4 members (excludes halogenated alkanes) is 1. The van der Waals surface area contributed by atoms with Crippen LogP contribution in [-0.2, 0) is 9.63 Å². The molecular weight excluding hydrogens is 168 g/mol. The zero-order chi connectivity index (χ0) is 9.52. The molecule has 0 amide bonds. The lowest BCUT2D eigenvalue weighted by Crippen LogP contribution is -2.44. The van der Waals surface area contributed by atoms with Gasteiger partial charge in [-0.25, -0.2) is 0 Å². The lowest BCUT2D eigenvalue weighted by Gasteiger charge is -2.25. The summed E-state index contributed by atoms with van der Waals surface area (Å²) in [5.74, 6) is -0.0937. The quantitative estimate of drug-likeness (QED) is 0.696. The largest absolute Gasteiger partial charge is 0.368 e. The van der Waals surface area contributed by atoms with Crippen molar-refractivity contribution in [2.75, 3.05) is 26.2 Å². The van der Waals surface area contributed by atoms with Crippen LogP contribution in [0.15, 0.2) is 0 Å². The van der Waals surface area contributed by atoms with Crippen LogP contribution in [0, 0.1) is 0 Å². The minimum Gasteiger partial charge on any atom is -0.368 e. The third kappa shape index (κ3) is 4.24. The molecule has 0 unspecified atom stereocenters. The van der Waals surface area contributed by atoms with Crippen molar-refractivity contribution in [2.45, 2.75) is 26.2 Å². The van der Waals surface area contributed by atoms with E-state index >= 15 is 0 Å². The van der Waals surface area contributed by atoms with Gasteiger partial charge in [-0.1, -0.05) is 13.3 Å². The van der Waals surface area contributed by atoms with Gasteiger partial charge in [0.25, 0.3) is 0 Å². The summed E-state index contributed by atoms with van der Waals surface area (Å²) in [6.45, 7) is 5.48. The average molecular weight is 186 g/mol. The van der Waals surface area contributed by atoms with Gasteiger partial charge in [0.15, 0.2) is 0 Å². The van der Waals surface area contributed by atoms with Gasteiger partial charge in [0.05, 0.1) is 0 Å². The number of nitrogens with zero attached hydrogens (tertiary/aromatic N) is 1. The topological polar surface area (TPSA) is 41.6 Å². The van der Waals surface area contributed by atoms with Gasteiger partial charge >= 0.3 is 5.97 Å². The van der Waals surface area contributed by atoms with E-state index in [0.29, 0.717) is 6.42 Å². The summed E-state index contributed by atoms with van der Waals surface area (Å²) in [6, 6.07) is 0. The number of carbonyl (C=O) groups is 1. The van der Waals surface area contributed by atoms with Gasteiger partial charge in [-0.2, -0.15) is 0 Å². The maximum Gasteiger partial charge on any atom is 0.325 e. The molecular formula is C9H18N2O2. The first-order valence-corrected chi connectivity index (χ1v) is 4.99. The third-order valence-corrected chi connectivity index (χ3v) is 2.04. The molecule has 0 atom stereocenters. The van der Waals surface area contributed by atoms with E-state index in [-0.39, 0.29) is 5.97 Å². The van der Waals surface area contributed by atoms with Gasteiger partial charge < -0.3 is 10.2 Å². The molecule has 1 heterocycles. The van der Waals surface area contributed by atoms with Crippen molar-refractivity contribution >= 4 is 5.97 Å². The van der Waals surface area contributed by atoms with Crippen molar-refractivity contribution in [1.82, 2.24) is 10.4 Å². The molecule has 4 nitrogen and oxygen atoms in total. The van der Waals surface area contributed by atoms with E-state index in [1.54, 1.807) is 5.06 Å². The van der Waals surface area contributed by atoms with Crippen LogP contribution in [0.25, 0.3) is 0 Å². The van der Waals surface area contributed by atoms with Crippen LogP contribution in [0.5, 0.6) is 0 Å². The van der Waals surface area contributed by atoms with Crippen molar-refractivity contribution in [3.8, 4) is 0 Å². The normalized spacial score (nSPS) is 18.5. The Labute approximate surface area is 79.2 Å². The van der Waals surface area contributed by atoms with Gasteiger partial charge in [0.2, 0.25) is 0 Å². The van der Waals surface area contributed by atoms with Crippen molar-refractivity contribution in [2.24, 2.45) is 0 Å². The smallest absolute Gasteiger partial charge is 0.325 e. The molecule has 0 bridgehead atoms. The van der Waals surface area contributed by atoms with E-state index in [1.807, 2.05) is 0 Å². The molecule has 0 aromatic heterocycles.